The third kappa shape index (κ3) is 26.6. The second-order valence-electron chi connectivity index (χ2n) is 33.3. The van der Waals surface area contributed by atoms with Crippen molar-refractivity contribution in [1.82, 2.24) is 99.8 Å². The monoisotopic (exact) mass is 1890 g/mol. The van der Waals surface area contributed by atoms with Gasteiger partial charge < -0.3 is 73.8 Å². The second-order valence-corrected chi connectivity index (χ2v) is 33.3. The number of benzene rings is 8. The summed E-state index contributed by atoms with van der Waals surface area (Å²) in [6, 6.07) is 45.8. The summed E-state index contributed by atoms with van der Waals surface area (Å²) >= 11 is 0. The summed E-state index contributed by atoms with van der Waals surface area (Å²) in [4.78, 5) is 75.5. The first-order chi connectivity index (χ1) is 67.2. The number of aliphatic hydroxyl groups excluding tert-OH is 1. The molecule has 8 aromatic carbocycles. The highest BCUT2D eigenvalue weighted by Crippen LogP contribution is 2.40. The highest BCUT2D eigenvalue weighted by atomic mass is 19.4. The largest absolute Gasteiger partial charge is 0.508 e. The van der Waals surface area contributed by atoms with Crippen LogP contribution in [0.2, 0.25) is 0 Å². The number of aromatic amines is 1. The SMILES string of the molecule is CCN(CC)Cc1cc(OC)cc(N(CCCN2CCCC2)c2ccc3ncc(-c4cnn(C)c4)nc3c2)c1.COc1cc(O)cc(N(CCCO)c2ccc3ncc(-c4cn[nH]c4)nc3c2)c1.COc1cc(OC)cc(N(CC(=O)NC(C)C)c2ccc3ncc(-c4cnn(C)c4)nc3c2)c1.COc1cc(OC)cc(N(CCC(=O)NCC(F)(F)F)c2ccc3ncc(-c4cnn(C)c4)nc3c2)c1. The van der Waals surface area contributed by atoms with Gasteiger partial charge >= 0.3 is 6.18 Å². The Morgan fingerprint density at radius 1 is 0.453 bits per heavy atom. The van der Waals surface area contributed by atoms with E-state index in [1.807, 2.05) is 135 Å². The van der Waals surface area contributed by atoms with Crippen molar-refractivity contribution in [3.8, 4) is 85.3 Å². The third-order valence-corrected chi connectivity index (χ3v) is 23.1. The zero-order chi connectivity index (χ0) is 98.2. The van der Waals surface area contributed by atoms with Gasteiger partial charge in [-0.05, 0) is 163 Å². The van der Waals surface area contributed by atoms with Gasteiger partial charge in [0, 0.05) is 220 Å². The molecule has 8 aromatic heterocycles. The number of carbonyl (C=O) groups excluding carboxylic acids is 2. The Kier molecular flexibility index (Phi) is 33.4. The van der Waals surface area contributed by atoms with Gasteiger partial charge in [0.1, 0.15) is 53.3 Å². The van der Waals surface area contributed by atoms with Gasteiger partial charge in [0.15, 0.2) is 0 Å². The molecule has 0 radical (unpaired) electrons. The quantitative estimate of drug-likeness (QED) is 0.0243. The molecule has 0 saturated carbocycles. The molecule has 0 unspecified atom stereocenters. The number of alkyl halides is 3. The van der Waals surface area contributed by atoms with Crippen LogP contribution < -0.4 is 58.7 Å². The number of ether oxygens (including phenoxy) is 6. The van der Waals surface area contributed by atoms with Gasteiger partial charge in [0.2, 0.25) is 11.8 Å². The lowest BCUT2D eigenvalue weighted by Gasteiger charge is -2.28. The van der Waals surface area contributed by atoms with Crippen molar-refractivity contribution in [2.45, 2.75) is 78.6 Å². The summed E-state index contributed by atoms with van der Waals surface area (Å²) in [5.74, 6) is 3.00. The van der Waals surface area contributed by atoms with Crippen LogP contribution in [0.4, 0.5) is 58.7 Å². The molecule has 1 fully saturated rings. The molecule has 0 atom stereocenters. The second kappa shape index (κ2) is 46.7. The average molecular weight is 1890 g/mol. The van der Waals surface area contributed by atoms with E-state index in [1.165, 1.54) is 45.7 Å². The molecule has 0 spiro atoms. The highest BCUT2D eigenvalue weighted by molar-refractivity contribution is 5.90. The van der Waals surface area contributed by atoms with E-state index in [1.54, 1.807) is 146 Å². The molecule has 724 valence electrons. The van der Waals surface area contributed by atoms with Crippen molar-refractivity contribution in [1.29, 1.82) is 0 Å². The minimum Gasteiger partial charge on any atom is -0.508 e. The number of aliphatic hydroxyl groups is 1. The normalized spacial score (nSPS) is 11.9. The summed E-state index contributed by atoms with van der Waals surface area (Å²) in [6.07, 6.45) is 21.0. The number of aryl methyl sites for hydroxylation is 3. The number of aromatic hydroxyl groups is 1. The Morgan fingerprint density at radius 2 is 0.842 bits per heavy atom. The number of nitrogens with zero attached hydrogens (tertiary/aromatic N) is 21. The van der Waals surface area contributed by atoms with Crippen LogP contribution in [0.25, 0.3) is 89.2 Å². The maximum Gasteiger partial charge on any atom is 0.405 e. The summed E-state index contributed by atoms with van der Waals surface area (Å²) in [7, 11) is 15.1. The standard InChI is InChI=1S/C31H41N7O.C25H25F3N6O3.C25H28N6O3.C21H21N5O3/c1-5-36(6-2)22-24-16-27(18-28(17-24)39-4)38(15-9-14-37-12-7-8-13-37)26-10-11-29-30(19-26)34-31(21-32-29)25-20-33-35(3)23-25;1-33-14-16(12-31-33)23-13-29-21-5-4-17(10-22(21)32-23)34(7-6-24(35)30-15-25(26,27)28)18-8-19(36-2)11-20(9-18)37-3;1-16(2)28-25(32)15-31(19-8-20(33-4)11-21(9-19)34-5)18-6-7-22-23(10-18)29-24(13-26-22)17-12-27-30(3)14-17;1-29-18-8-16(7-17(28)10-18)26(5-2-6-27)15-3-4-19-20(9-15)25-21(13-22-19)14-11-23-24-12-14/h10-11,16-21,23H,5-9,12-15,22H2,1-4H3;4-5,8-14H,6-7,15H2,1-3H3,(H,30,35);6-14,16H,15H2,1-5H3,(H,28,32);3-4,7-13,27-28H,2,5-6H2,1H3,(H,23,24). The van der Waals surface area contributed by atoms with Gasteiger partial charge in [-0.15, -0.1) is 0 Å². The molecule has 1 aliphatic rings. The number of H-pyrrole nitrogens is 1. The number of methoxy groups -OCH3 is 6. The minimum atomic E-state index is -4.49. The molecule has 2 amide bonds. The van der Waals surface area contributed by atoms with Crippen molar-refractivity contribution in [2.75, 3.05) is 134 Å². The Hall–Kier alpha value is -15.6. The number of halogens is 3. The molecule has 139 heavy (non-hydrogen) atoms. The van der Waals surface area contributed by atoms with Gasteiger partial charge in [0.25, 0.3) is 0 Å². The van der Waals surface area contributed by atoms with Gasteiger partial charge in [-0.25, -0.2) is 19.9 Å². The van der Waals surface area contributed by atoms with Crippen LogP contribution in [-0.2, 0) is 37.3 Å². The van der Waals surface area contributed by atoms with Gasteiger partial charge in [-0.3, -0.25) is 53.6 Å². The Labute approximate surface area is 803 Å². The number of likely N-dealkylation sites (tertiary alicyclic amines) is 1. The smallest absolute Gasteiger partial charge is 0.405 e. The third-order valence-electron chi connectivity index (χ3n) is 23.1. The summed E-state index contributed by atoms with van der Waals surface area (Å²) < 4.78 is 75.5. The molecule has 5 N–H and O–H groups in total. The van der Waals surface area contributed by atoms with Crippen molar-refractivity contribution in [3.05, 3.63) is 226 Å². The van der Waals surface area contributed by atoms with E-state index in [-0.39, 0.29) is 43.8 Å². The zero-order valence-corrected chi connectivity index (χ0v) is 80.1. The van der Waals surface area contributed by atoms with Gasteiger partial charge in [0.05, 0.1) is 159 Å². The number of aromatic nitrogens is 16. The maximum atomic E-state index is 12.8. The molecule has 9 heterocycles. The van der Waals surface area contributed by atoms with E-state index in [2.05, 4.69) is 111 Å². The van der Waals surface area contributed by atoms with Crippen LogP contribution in [0.3, 0.4) is 0 Å². The van der Waals surface area contributed by atoms with E-state index in [9.17, 15) is 33.0 Å². The number of rotatable bonds is 36. The van der Waals surface area contributed by atoms with E-state index < -0.39 is 18.6 Å². The maximum absolute atomic E-state index is 12.8. The van der Waals surface area contributed by atoms with E-state index in [0.29, 0.717) is 75.3 Å². The lowest BCUT2D eigenvalue weighted by atomic mass is 10.1. The number of anilines is 8. The molecular weight excluding hydrogens is 1780 g/mol. The first kappa shape index (κ1) is 99.3. The molecule has 16 aromatic rings. The molecule has 0 bridgehead atoms. The zero-order valence-electron chi connectivity index (χ0n) is 80.1. The van der Waals surface area contributed by atoms with Crippen molar-refractivity contribution < 1.29 is 61.4 Å². The van der Waals surface area contributed by atoms with Crippen LogP contribution in [0.5, 0.6) is 40.2 Å². The van der Waals surface area contributed by atoms with Gasteiger partial charge in [-0.1, -0.05) is 13.8 Å². The number of phenolic OH excluding ortho intramolecular Hbond substituents is 1. The fourth-order valence-corrected chi connectivity index (χ4v) is 16.0. The van der Waals surface area contributed by atoms with Gasteiger partial charge in [-0.2, -0.15) is 33.6 Å². The summed E-state index contributed by atoms with van der Waals surface area (Å²) in [5.41, 5.74) is 20.4. The Bertz CT molecular complexity index is 6790. The molecular formula is C102H115F3N24O10. The summed E-state index contributed by atoms with van der Waals surface area (Å²) in [5, 5.41) is 43.7. The number of carbonyl (C=O) groups is 2. The fourth-order valence-electron chi connectivity index (χ4n) is 16.0. The van der Waals surface area contributed by atoms with Crippen molar-refractivity contribution in [3.63, 3.8) is 0 Å². The number of hydrogen-bond acceptors (Lipinski definition) is 28. The number of fused-ring (bicyclic) bond motifs is 4. The number of phenols is 1. The van der Waals surface area contributed by atoms with Crippen LogP contribution in [0.15, 0.2) is 220 Å². The van der Waals surface area contributed by atoms with Crippen LogP contribution in [0.1, 0.15) is 65.4 Å². The molecule has 0 aliphatic carbocycles. The molecule has 1 aliphatic heterocycles. The van der Waals surface area contributed by atoms with Crippen molar-refractivity contribution >= 4 is 101 Å². The van der Waals surface area contributed by atoms with E-state index in [0.717, 1.165) is 146 Å². The predicted octanol–water partition coefficient (Wildman–Crippen LogP) is 16.7. The van der Waals surface area contributed by atoms with Crippen LogP contribution in [-0.4, -0.2) is 238 Å². The lowest BCUT2D eigenvalue weighted by molar-refractivity contribution is -0.138. The van der Waals surface area contributed by atoms with E-state index >= 15 is 0 Å². The molecule has 37 heteroatoms. The molecule has 1 saturated heterocycles. The fraction of sp³-hybridized carbons (Fsp3) is 0.314. The number of amides is 2. The van der Waals surface area contributed by atoms with E-state index in [4.69, 9.17) is 53.3 Å². The lowest BCUT2D eigenvalue weighted by Crippen LogP contribution is -2.38. The van der Waals surface area contributed by atoms with Crippen molar-refractivity contribution in [2.24, 2.45) is 21.1 Å². The first-order valence-corrected chi connectivity index (χ1v) is 45.6. The number of nitrogens with one attached hydrogen (secondary N) is 3. The Balaban J connectivity index is 0.000000148. The first-order valence-electron chi connectivity index (χ1n) is 45.6. The van der Waals surface area contributed by atoms with Crippen LogP contribution >= 0.6 is 0 Å². The van der Waals surface area contributed by atoms with Crippen LogP contribution in [0, 0.1) is 0 Å². The topological polar surface area (TPSA) is 359 Å². The highest BCUT2D eigenvalue weighted by Gasteiger charge is 2.29. The number of hydrogen-bond donors (Lipinski definition) is 5. The molecule has 17 rings (SSSR count). The average Bonchev–Trinajstić information content (AvgIpc) is 1.72. The molecule has 34 nitrogen and oxygen atoms in total. The predicted molar refractivity (Wildman–Crippen MR) is 533 cm³/mol. The summed E-state index contributed by atoms with van der Waals surface area (Å²) in [6.45, 7) is 15.1. The Morgan fingerprint density at radius 3 is 1.23 bits per heavy atom. The minimum absolute atomic E-state index is 0.0266.